The molecule has 0 spiro atoms. The molecule has 2 aliphatic carbocycles. The molecule has 2 nitrogen and oxygen atoms in total. The number of hydrogen-bond donors (Lipinski definition) is 2. The van der Waals surface area contributed by atoms with Crippen molar-refractivity contribution in [3.8, 4) is 0 Å². The van der Waals surface area contributed by atoms with Crippen molar-refractivity contribution in [3.05, 3.63) is 47.3 Å². The molecule has 0 fully saturated rings. The lowest BCUT2D eigenvalue weighted by atomic mass is 9.66. The smallest absolute Gasteiger partial charge is 0.114 e. The summed E-state index contributed by atoms with van der Waals surface area (Å²) < 4.78 is 0. The fourth-order valence-electron chi connectivity index (χ4n) is 3.73. The van der Waals surface area contributed by atoms with Crippen LogP contribution < -0.4 is 0 Å². The van der Waals surface area contributed by atoms with Crippen LogP contribution in [0.25, 0.3) is 0 Å². The third-order valence-electron chi connectivity index (χ3n) is 5.23. The fraction of sp³-hybridized carbons (Fsp3) is 0.600. The normalized spacial score (nSPS) is 32.1. The zero-order chi connectivity index (χ0) is 16.3. The highest BCUT2D eigenvalue weighted by atomic mass is 16.3. The van der Waals surface area contributed by atoms with E-state index in [0.29, 0.717) is 11.3 Å². The van der Waals surface area contributed by atoms with Gasteiger partial charge < -0.3 is 10.2 Å². The minimum Gasteiger partial charge on any atom is -0.512 e. The van der Waals surface area contributed by atoms with Gasteiger partial charge in [0.1, 0.15) is 11.4 Å². The minimum atomic E-state index is -1.14. The Morgan fingerprint density at radius 1 is 1.45 bits per heavy atom. The van der Waals surface area contributed by atoms with Gasteiger partial charge in [-0.05, 0) is 74.7 Å². The summed E-state index contributed by atoms with van der Waals surface area (Å²) in [4.78, 5) is 0. The van der Waals surface area contributed by atoms with Gasteiger partial charge in [-0.1, -0.05) is 32.1 Å². The van der Waals surface area contributed by atoms with E-state index in [1.807, 2.05) is 19.9 Å². The number of unbranched alkanes of at least 4 members (excludes halogenated alkanes) is 1. The molecular weight excluding hydrogens is 272 g/mol. The first-order valence-corrected chi connectivity index (χ1v) is 8.58. The maximum absolute atomic E-state index is 11.3. The Morgan fingerprint density at radius 2 is 2.18 bits per heavy atom. The van der Waals surface area contributed by atoms with E-state index in [-0.39, 0.29) is 11.8 Å². The molecule has 0 aromatic carbocycles. The summed E-state index contributed by atoms with van der Waals surface area (Å²) in [7, 11) is 0. The van der Waals surface area contributed by atoms with Crippen LogP contribution in [0.1, 0.15) is 59.3 Å². The molecule has 0 saturated heterocycles. The average molecular weight is 302 g/mol. The van der Waals surface area contributed by atoms with Gasteiger partial charge in [0, 0.05) is 0 Å². The lowest BCUT2D eigenvalue weighted by Gasteiger charge is -2.43. The van der Waals surface area contributed by atoms with Gasteiger partial charge in [0.15, 0.2) is 0 Å². The van der Waals surface area contributed by atoms with Gasteiger partial charge in [0.2, 0.25) is 0 Å². The van der Waals surface area contributed by atoms with E-state index in [9.17, 15) is 10.2 Å². The summed E-state index contributed by atoms with van der Waals surface area (Å²) in [6.45, 7) is 10.0. The highest BCUT2D eigenvalue weighted by Crippen LogP contribution is 2.46. The topological polar surface area (TPSA) is 40.5 Å². The maximum atomic E-state index is 11.3. The molecule has 2 aliphatic rings. The van der Waals surface area contributed by atoms with E-state index in [1.165, 1.54) is 0 Å². The highest BCUT2D eigenvalue weighted by Gasteiger charge is 2.46. The van der Waals surface area contributed by atoms with Crippen molar-refractivity contribution in [2.75, 3.05) is 0 Å². The number of hydrogen-bond acceptors (Lipinski definition) is 2. The van der Waals surface area contributed by atoms with E-state index < -0.39 is 5.60 Å². The monoisotopic (exact) mass is 302 g/mol. The zero-order valence-corrected chi connectivity index (χ0v) is 14.2. The van der Waals surface area contributed by atoms with Crippen molar-refractivity contribution in [2.45, 2.75) is 64.9 Å². The summed E-state index contributed by atoms with van der Waals surface area (Å²) >= 11 is 0. The third-order valence-corrected chi connectivity index (χ3v) is 5.23. The molecular formula is C20H30O2. The molecule has 0 saturated carbocycles. The first kappa shape index (κ1) is 17.1. The van der Waals surface area contributed by atoms with Gasteiger partial charge >= 0.3 is 0 Å². The van der Waals surface area contributed by atoms with Crippen LogP contribution in [-0.4, -0.2) is 15.8 Å². The van der Waals surface area contributed by atoms with Gasteiger partial charge in [-0.25, -0.2) is 0 Å². The Hall–Kier alpha value is -1.28. The average Bonchev–Trinajstić information content (AvgIpc) is 2.50. The SMILES string of the molecule is C=C(C)C1(O)C=C(CCCC)C(C)=C(O)[C@H]1C1C=CCCC1. The Balaban J connectivity index is 2.44. The number of rotatable bonds is 5. The van der Waals surface area contributed by atoms with Gasteiger partial charge in [0.05, 0.1) is 5.92 Å². The van der Waals surface area contributed by atoms with E-state index in [1.54, 1.807) is 0 Å². The molecule has 0 amide bonds. The second-order valence-corrected chi connectivity index (χ2v) is 6.89. The molecule has 0 bridgehead atoms. The number of allylic oxidation sites excluding steroid dienone is 4. The fourth-order valence-corrected chi connectivity index (χ4v) is 3.73. The predicted octanol–water partition coefficient (Wildman–Crippen LogP) is 5.23. The molecule has 0 heterocycles. The standard InChI is InChI=1S/C20H30O2/c1-5-6-10-17-13-20(22,14(2)3)18(19(21)15(17)4)16-11-8-7-9-12-16/h8,11,13,16,18,21-22H,2,5-7,9-10,12H2,1,3-4H3/t16?,18-,20?/m1/s1. The molecule has 0 aliphatic heterocycles. The maximum Gasteiger partial charge on any atom is 0.114 e. The van der Waals surface area contributed by atoms with Gasteiger partial charge in [-0.2, -0.15) is 0 Å². The van der Waals surface area contributed by atoms with Crippen molar-refractivity contribution in [3.63, 3.8) is 0 Å². The lowest BCUT2D eigenvalue weighted by Crippen LogP contribution is -2.45. The first-order valence-electron chi connectivity index (χ1n) is 8.58. The Labute approximate surface area is 134 Å². The van der Waals surface area contributed by atoms with E-state index in [2.05, 4.69) is 25.7 Å². The largest absolute Gasteiger partial charge is 0.512 e. The molecule has 22 heavy (non-hydrogen) atoms. The third kappa shape index (κ3) is 3.08. The zero-order valence-electron chi connectivity index (χ0n) is 14.2. The van der Waals surface area contributed by atoms with Crippen molar-refractivity contribution in [1.29, 1.82) is 0 Å². The molecule has 122 valence electrons. The molecule has 3 atom stereocenters. The van der Waals surface area contributed by atoms with Crippen LogP contribution in [0, 0.1) is 11.8 Å². The second-order valence-electron chi connectivity index (χ2n) is 6.89. The van der Waals surface area contributed by atoms with Crippen LogP contribution >= 0.6 is 0 Å². The molecule has 2 rings (SSSR count). The van der Waals surface area contributed by atoms with E-state index in [0.717, 1.165) is 49.7 Å². The molecule has 0 aromatic heterocycles. The first-order chi connectivity index (χ1) is 10.4. The van der Waals surface area contributed by atoms with Crippen LogP contribution in [0.2, 0.25) is 0 Å². The van der Waals surface area contributed by atoms with Crippen molar-refractivity contribution in [2.24, 2.45) is 11.8 Å². The van der Waals surface area contributed by atoms with E-state index in [4.69, 9.17) is 0 Å². The predicted molar refractivity (Wildman–Crippen MR) is 92.7 cm³/mol. The van der Waals surface area contributed by atoms with Crippen molar-refractivity contribution < 1.29 is 10.2 Å². The van der Waals surface area contributed by atoms with Crippen LogP contribution in [0.5, 0.6) is 0 Å². The van der Waals surface area contributed by atoms with Crippen molar-refractivity contribution in [1.82, 2.24) is 0 Å². The van der Waals surface area contributed by atoms with Crippen LogP contribution in [0.4, 0.5) is 0 Å². The highest BCUT2D eigenvalue weighted by molar-refractivity contribution is 5.45. The summed E-state index contributed by atoms with van der Waals surface area (Å²) in [5.74, 6) is 0.233. The summed E-state index contributed by atoms with van der Waals surface area (Å²) in [6, 6.07) is 0. The molecule has 2 heteroatoms. The van der Waals surface area contributed by atoms with E-state index >= 15 is 0 Å². The Bertz CT molecular complexity index is 524. The summed E-state index contributed by atoms with van der Waals surface area (Å²) in [5.41, 5.74) is 1.59. The molecule has 2 unspecified atom stereocenters. The second kappa shape index (κ2) is 6.87. The Kier molecular flexibility index (Phi) is 5.33. The van der Waals surface area contributed by atoms with Gasteiger partial charge in [-0.3, -0.25) is 0 Å². The quantitative estimate of drug-likeness (QED) is 0.683. The van der Waals surface area contributed by atoms with Gasteiger partial charge in [-0.15, -0.1) is 0 Å². The molecule has 2 N–H and O–H groups in total. The van der Waals surface area contributed by atoms with Gasteiger partial charge in [0.25, 0.3) is 0 Å². The molecule has 0 radical (unpaired) electrons. The van der Waals surface area contributed by atoms with Crippen LogP contribution in [-0.2, 0) is 0 Å². The minimum absolute atomic E-state index is 0.175. The summed E-state index contributed by atoms with van der Waals surface area (Å²) in [6.07, 6.45) is 12.6. The van der Waals surface area contributed by atoms with Crippen molar-refractivity contribution >= 4 is 0 Å². The van der Waals surface area contributed by atoms with Crippen LogP contribution in [0.3, 0.4) is 0 Å². The summed E-state index contributed by atoms with van der Waals surface area (Å²) in [5, 5.41) is 22.2. The lowest BCUT2D eigenvalue weighted by molar-refractivity contribution is 0.0317. The molecule has 0 aromatic rings. The van der Waals surface area contributed by atoms with Crippen LogP contribution in [0.15, 0.2) is 47.3 Å². The number of aliphatic hydroxyl groups is 2. The number of aliphatic hydroxyl groups excluding tert-OH is 1. The Morgan fingerprint density at radius 3 is 2.73 bits per heavy atom.